The topological polar surface area (TPSA) is 29.3 Å². The van der Waals surface area contributed by atoms with Gasteiger partial charge in [0.2, 0.25) is 0 Å². The SMILES string of the molecule is CCC(N)C(c1cccs1)N(CCC(C)C)C1CCCC1. The third-order valence-electron chi connectivity index (χ3n) is 4.83. The van der Waals surface area contributed by atoms with Gasteiger partial charge in [-0.25, -0.2) is 0 Å². The number of nitrogens with zero attached hydrogens (tertiary/aromatic N) is 1. The first-order valence-corrected chi connectivity index (χ1v) is 9.56. The fourth-order valence-corrected chi connectivity index (χ4v) is 4.42. The molecule has 1 aliphatic carbocycles. The zero-order valence-corrected chi connectivity index (χ0v) is 14.7. The summed E-state index contributed by atoms with van der Waals surface area (Å²) in [6.07, 6.45) is 7.82. The molecule has 1 aromatic rings. The molecule has 2 N–H and O–H groups in total. The fourth-order valence-electron chi connectivity index (χ4n) is 3.50. The molecule has 1 aliphatic rings. The van der Waals surface area contributed by atoms with Crippen LogP contribution in [0.2, 0.25) is 0 Å². The highest BCUT2D eigenvalue weighted by molar-refractivity contribution is 7.10. The van der Waals surface area contributed by atoms with Crippen molar-refractivity contribution in [3.05, 3.63) is 22.4 Å². The van der Waals surface area contributed by atoms with Crippen molar-refractivity contribution in [1.29, 1.82) is 0 Å². The average Bonchev–Trinajstić information content (AvgIpc) is 3.14. The largest absolute Gasteiger partial charge is 0.326 e. The minimum absolute atomic E-state index is 0.247. The van der Waals surface area contributed by atoms with Crippen LogP contribution in [0.4, 0.5) is 0 Å². The van der Waals surface area contributed by atoms with Gasteiger partial charge in [-0.15, -0.1) is 11.3 Å². The van der Waals surface area contributed by atoms with Crippen LogP contribution in [0.3, 0.4) is 0 Å². The van der Waals surface area contributed by atoms with E-state index in [9.17, 15) is 0 Å². The van der Waals surface area contributed by atoms with Crippen LogP contribution in [0.15, 0.2) is 17.5 Å². The van der Waals surface area contributed by atoms with E-state index in [1.165, 1.54) is 43.5 Å². The highest BCUT2D eigenvalue weighted by Gasteiger charge is 2.33. The van der Waals surface area contributed by atoms with Crippen molar-refractivity contribution < 1.29 is 0 Å². The highest BCUT2D eigenvalue weighted by atomic mass is 32.1. The Morgan fingerprint density at radius 2 is 2.05 bits per heavy atom. The Kier molecular flexibility index (Phi) is 6.72. The van der Waals surface area contributed by atoms with Crippen LogP contribution in [0.5, 0.6) is 0 Å². The maximum absolute atomic E-state index is 6.55. The predicted octanol–water partition coefficient (Wildman–Crippen LogP) is 4.82. The molecular formula is C18H32N2S. The summed E-state index contributed by atoms with van der Waals surface area (Å²) in [6, 6.07) is 5.86. The summed E-state index contributed by atoms with van der Waals surface area (Å²) in [5, 5.41) is 2.19. The predicted molar refractivity (Wildman–Crippen MR) is 93.7 cm³/mol. The Morgan fingerprint density at radius 3 is 2.57 bits per heavy atom. The molecule has 0 saturated heterocycles. The number of thiophene rings is 1. The molecule has 1 fully saturated rings. The third kappa shape index (κ3) is 4.54. The third-order valence-corrected chi connectivity index (χ3v) is 5.77. The van der Waals surface area contributed by atoms with E-state index in [2.05, 4.69) is 43.2 Å². The van der Waals surface area contributed by atoms with E-state index < -0.39 is 0 Å². The molecule has 1 heterocycles. The quantitative estimate of drug-likeness (QED) is 0.746. The molecule has 1 aromatic heterocycles. The molecule has 2 atom stereocenters. The zero-order chi connectivity index (χ0) is 15.2. The summed E-state index contributed by atoms with van der Waals surface area (Å²) in [4.78, 5) is 4.22. The van der Waals surface area contributed by atoms with Crippen molar-refractivity contribution in [2.45, 2.75) is 77.4 Å². The smallest absolute Gasteiger partial charge is 0.0595 e. The Bertz CT molecular complexity index is 382. The van der Waals surface area contributed by atoms with E-state index in [0.29, 0.717) is 6.04 Å². The molecule has 2 rings (SSSR count). The normalized spacial score (nSPS) is 19.5. The summed E-state index contributed by atoms with van der Waals surface area (Å²) in [5.41, 5.74) is 6.55. The van der Waals surface area contributed by atoms with Crippen molar-refractivity contribution in [2.24, 2.45) is 11.7 Å². The van der Waals surface area contributed by atoms with Gasteiger partial charge in [-0.3, -0.25) is 4.90 Å². The van der Waals surface area contributed by atoms with Gasteiger partial charge in [0.15, 0.2) is 0 Å². The van der Waals surface area contributed by atoms with Crippen LogP contribution in [0.1, 0.15) is 70.2 Å². The Balaban J connectivity index is 2.20. The van der Waals surface area contributed by atoms with Gasteiger partial charge in [0.1, 0.15) is 0 Å². The molecule has 0 aromatic carbocycles. The van der Waals surface area contributed by atoms with Crippen molar-refractivity contribution >= 4 is 11.3 Å². The molecule has 0 spiro atoms. The molecule has 2 nitrogen and oxygen atoms in total. The molecule has 0 radical (unpaired) electrons. The maximum atomic E-state index is 6.55. The second-order valence-corrected chi connectivity index (χ2v) is 7.87. The molecule has 1 saturated carbocycles. The van der Waals surface area contributed by atoms with Crippen LogP contribution in [-0.2, 0) is 0 Å². The molecule has 120 valence electrons. The zero-order valence-electron chi connectivity index (χ0n) is 13.9. The summed E-state index contributed by atoms with van der Waals surface area (Å²) < 4.78 is 0. The summed E-state index contributed by atoms with van der Waals surface area (Å²) >= 11 is 1.87. The van der Waals surface area contributed by atoms with Crippen molar-refractivity contribution in [2.75, 3.05) is 6.54 Å². The lowest BCUT2D eigenvalue weighted by atomic mass is 9.98. The first kappa shape index (κ1) is 17.0. The molecule has 0 amide bonds. The van der Waals surface area contributed by atoms with Gasteiger partial charge in [-0.2, -0.15) is 0 Å². The number of nitrogens with two attached hydrogens (primary N) is 1. The average molecular weight is 309 g/mol. The van der Waals surface area contributed by atoms with Crippen molar-refractivity contribution in [3.8, 4) is 0 Å². The van der Waals surface area contributed by atoms with Gasteiger partial charge in [-0.1, -0.05) is 39.7 Å². The summed E-state index contributed by atoms with van der Waals surface area (Å²) in [5.74, 6) is 0.760. The fraction of sp³-hybridized carbons (Fsp3) is 0.778. The minimum atomic E-state index is 0.247. The molecular weight excluding hydrogens is 276 g/mol. The Labute approximate surface area is 134 Å². The molecule has 0 aliphatic heterocycles. The summed E-state index contributed by atoms with van der Waals surface area (Å²) in [6.45, 7) is 8.07. The van der Waals surface area contributed by atoms with Gasteiger partial charge in [0, 0.05) is 17.0 Å². The number of hydrogen-bond donors (Lipinski definition) is 1. The first-order chi connectivity index (χ1) is 10.1. The highest BCUT2D eigenvalue weighted by Crippen LogP contribution is 2.35. The van der Waals surface area contributed by atoms with Gasteiger partial charge in [-0.05, 0) is 49.6 Å². The number of rotatable bonds is 8. The van der Waals surface area contributed by atoms with Crippen LogP contribution in [-0.4, -0.2) is 23.5 Å². The molecule has 21 heavy (non-hydrogen) atoms. The van der Waals surface area contributed by atoms with E-state index in [1.54, 1.807) is 0 Å². The van der Waals surface area contributed by atoms with Gasteiger partial charge in [0.25, 0.3) is 0 Å². The second kappa shape index (κ2) is 8.30. The lowest BCUT2D eigenvalue weighted by molar-refractivity contribution is 0.110. The molecule has 0 bridgehead atoms. The van der Waals surface area contributed by atoms with E-state index in [0.717, 1.165) is 18.4 Å². The van der Waals surface area contributed by atoms with Gasteiger partial charge in [0.05, 0.1) is 6.04 Å². The monoisotopic (exact) mass is 308 g/mol. The number of hydrogen-bond acceptors (Lipinski definition) is 3. The van der Waals surface area contributed by atoms with Crippen molar-refractivity contribution in [1.82, 2.24) is 4.90 Å². The maximum Gasteiger partial charge on any atom is 0.0595 e. The van der Waals surface area contributed by atoms with E-state index in [4.69, 9.17) is 5.73 Å². The van der Waals surface area contributed by atoms with Gasteiger partial charge >= 0.3 is 0 Å². The molecule has 3 heteroatoms. The van der Waals surface area contributed by atoms with E-state index in [1.807, 2.05) is 11.3 Å². The van der Waals surface area contributed by atoms with Crippen molar-refractivity contribution in [3.63, 3.8) is 0 Å². The first-order valence-electron chi connectivity index (χ1n) is 8.68. The summed E-state index contributed by atoms with van der Waals surface area (Å²) in [7, 11) is 0. The van der Waals surface area contributed by atoms with Crippen LogP contribution < -0.4 is 5.73 Å². The molecule has 2 unspecified atom stereocenters. The van der Waals surface area contributed by atoms with Crippen LogP contribution >= 0.6 is 11.3 Å². The lowest BCUT2D eigenvalue weighted by Gasteiger charge is -2.39. The Hall–Kier alpha value is -0.380. The standard InChI is InChI=1S/C18H32N2S/c1-4-16(19)18(17-10-7-13-21-17)20(12-11-14(2)3)15-8-5-6-9-15/h7,10,13-16,18H,4-6,8-9,11-12,19H2,1-3H3. The van der Waals surface area contributed by atoms with Crippen LogP contribution in [0, 0.1) is 5.92 Å². The van der Waals surface area contributed by atoms with Crippen LogP contribution in [0.25, 0.3) is 0 Å². The lowest BCUT2D eigenvalue weighted by Crippen LogP contribution is -2.45. The van der Waals surface area contributed by atoms with Gasteiger partial charge < -0.3 is 5.73 Å². The Morgan fingerprint density at radius 1 is 1.33 bits per heavy atom. The van der Waals surface area contributed by atoms with E-state index in [-0.39, 0.29) is 6.04 Å². The second-order valence-electron chi connectivity index (χ2n) is 6.89. The van der Waals surface area contributed by atoms with E-state index >= 15 is 0 Å². The minimum Gasteiger partial charge on any atom is -0.326 e.